The summed E-state index contributed by atoms with van der Waals surface area (Å²) in [7, 11) is 0. The first kappa shape index (κ1) is 53.7. The van der Waals surface area contributed by atoms with Gasteiger partial charge in [-0.25, -0.2) is 0 Å². The molecule has 0 unspecified atom stereocenters. The summed E-state index contributed by atoms with van der Waals surface area (Å²) in [6.45, 7) is -4.43. The van der Waals surface area contributed by atoms with Crippen LogP contribution in [0.1, 0.15) is 25.7 Å². The first-order valence-corrected chi connectivity index (χ1v) is 10.8. The Bertz CT molecular complexity index is 746. The molecule has 0 aromatic heterocycles. The Morgan fingerprint density at radius 1 is 0.571 bits per heavy atom. The zero-order valence-corrected chi connectivity index (χ0v) is 27.7. The van der Waals surface area contributed by atoms with Gasteiger partial charge in [0, 0.05) is 93.4 Å². The molecular weight excluding hydrogens is 711 g/mol. The first-order chi connectivity index (χ1) is 17.5. The van der Waals surface area contributed by atoms with Gasteiger partial charge in [0.25, 0.3) is 0 Å². The zero-order chi connectivity index (χ0) is 30.1. The minimum absolute atomic E-state index is 0. The second-order valence-electron chi connectivity index (χ2n) is 8.07. The molecule has 0 atom stereocenters. The van der Waals surface area contributed by atoms with Gasteiger partial charge in [-0.1, -0.05) is 0 Å². The summed E-state index contributed by atoms with van der Waals surface area (Å²) < 4.78 is 0. The third-order valence-electron chi connectivity index (χ3n) is 5.37. The predicted octanol–water partition coefficient (Wildman–Crippen LogP) is -15.6. The van der Waals surface area contributed by atoms with E-state index in [1.165, 1.54) is 0 Å². The number of carbonyl (C=O) groups excluding carboxylic acids is 6. The Kier molecular flexibility index (Phi) is 35.4. The summed E-state index contributed by atoms with van der Waals surface area (Å²) in [5.74, 6) is -9.53. The number of rotatable bonds is 20. The maximum atomic E-state index is 10.7. The molecule has 0 spiro atoms. The maximum Gasteiger partial charge on any atom is 2.00 e. The average molecular weight is 740 g/mol. The first-order valence-electron chi connectivity index (χ1n) is 10.8. The van der Waals surface area contributed by atoms with E-state index < -0.39 is 112 Å². The van der Waals surface area contributed by atoms with Gasteiger partial charge in [-0.15, -0.1) is 6.61 Å². The number of β-amino-alcohol motifs (C(OH)–C–C–N with tert-alkyl or cyclic N) is 1. The Morgan fingerprint density at radius 3 is 1.00 bits per heavy atom. The summed E-state index contributed by atoms with van der Waals surface area (Å²) in [5.41, 5.74) is 7.31. The Morgan fingerprint density at radius 2 is 0.833 bits per heavy atom. The molecule has 0 aliphatic heterocycles. The molecule has 0 saturated carbocycles. The zero-order valence-electron chi connectivity index (χ0n) is 22.3. The number of carboxylic acids is 6. The Balaban J connectivity index is -0.000000141. The molecule has 0 heterocycles. The van der Waals surface area contributed by atoms with E-state index in [0.29, 0.717) is 0 Å². The minimum atomic E-state index is -1.75. The van der Waals surface area contributed by atoms with Crippen LogP contribution in [0.15, 0.2) is 0 Å². The molecule has 0 saturated heterocycles. The fourth-order valence-electron chi connectivity index (χ4n) is 3.70. The van der Waals surface area contributed by atoms with Crippen molar-refractivity contribution in [1.82, 2.24) is 9.80 Å². The number of aliphatic hydroxyl groups excluding tert-OH is 1. The van der Waals surface area contributed by atoms with Crippen LogP contribution in [0.3, 0.4) is 0 Å². The molecule has 42 heavy (non-hydrogen) atoms. The number of carboxylic acid groups (broad SMARTS) is 6. The molecule has 0 aliphatic carbocycles. The van der Waals surface area contributed by atoms with Crippen molar-refractivity contribution in [3.8, 4) is 0 Å². The molecule has 0 aromatic carbocycles. The summed E-state index contributed by atoms with van der Waals surface area (Å²) in [5, 5.41) is 83.5. The fraction of sp³-hybridized carbons (Fsp3) is 0.700. The van der Waals surface area contributed by atoms with Crippen LogP contribution in [-0.2, 0) is 80.0 Å². The molecule has 0 radical (unpaired) electrons. The van der Waals surface area contributed by atoms with Gasteiger partial charge < -0.3 is 81.1 Å². The van der Waals surface area contributed by atoms with Gasteiger partial charge >= 0.3 is 80.8 Å². The van der Waals surface area contributed by atoms with Gasteiger partial charge in [0.15, 0.2) is 0 Å². The third-order valence-corrected chi connectivity index (χ3v) is 5.37. The number of hydrogen-bond acceptors (Lipinski definition) is 18. The van der Waals surface area contributed by atoms with Crippen LogP contribution < -0.4 is 76.8 Å². The van der Waals surface area contributed by atoms with Crippen molar-refractivity contribution in [2.75, 3.05) is 52.5 Å². The molecule has 0 amide bonds. The van der Waals surface area contributed by atoms with Crippen LogP contribution in [0.25, 0.3) is 0 Å². The van der Waals surface area contributed by atoms with Gasteiger partial charge in [-0.05, 0) is 6.54 Å². The minimum Gasteiger partial charge on any atom is -0.854 e. The second-order valence-corrected chi connectivity index (χ2v) is 8.07. The van der Waals surface area contributed by atoms with E-state index in [2.05, 4.69) is 0 Å². The molecule has 22 heteroatoms. The number of nitrogens with zero attached hydrogens (tertiary/aromatic N) is 2. The van der Waals surface area contributed by atoms with Crippen LogP contribution in [0.5, 0.6) is 0 Å². The van der Waals surface area contributed by atoms with Crippen LogP contribution in [-0.4, -0.2) is 114 Å². The van der Waals surface area contributed by atoms with Crippen LogP contribution in [0, 0.1) is 0 Å². The Labute approximate surface area is 294 Å². The number of aliphatic hydroxyl groups is 1. The van der Waals surface area contributed by atoms with Gasteiger partial charge in [-0.2, -0.15) is 0 Å². The summed E-state index contributed by atoms with van der Waals surface area (Å²) in [6, 6.07) is 0. The van der Waals surface area contributed by atoms with Crippen molar-refractivity contribution >= 4 is 35.8 Å². The molecule has 0 aromatic rings. The molecular formula is C20H29Fe3N4NaO14. The standard InChI is InChI=1S/C10H18N2O7.C10H17N2O7.3Fe.Na/c2*11-6-10(3-7(14)15,4-8(16)17)12(1-2-13)5-9(18)19;;;;/h13H,1-6,11H2,(H,14,15)(H,16,17)(H,18,19);1-6,11H2,(H,14,15)(H,16,17)(H,18,19);;;;/q;-1;3*+2;+1/p-6. The van der Waals surface area contributed by atoms with Crippen molar-refractivity contribution in [3.63, 3.8) is 0 Å². The van der Waals surface area contributed by atoms with E-state index >= 15 is 0 Å². The van der Waals surface area contributed by atoms with E-state index in [1.54, 1.807) is 0 Å². The van der Waals surface area contributed by atoms with Crippen LogP contribution >= 0.6 is 0 Å². The molecule has 238 valence electrons. The van der Waals surface area contributed by atoms with E-state index in [9.17, 15) is 64.5 Å². The summed E-state index contributed by atoms with van der Waals surface area (Å²) in [4.78, 5) is 65.9. The van der Waals surface area contributed by atoms with E-state index in [-0.39, 0.29) is 93.9 Å². The van der Waals surface area contributed by atoms with Gasteiger partial charge in [0.05, 0.1) is 18.5 Å². The average Bonchev–Trinajstić information content (AvgIpc) is 2.76. The van der Waals surface area contributed by atoms with Gasteiger partial charge in [0.1, 0.15) is 0 Å². The largest absolute Gasteiger partial charge is 2.00 e. The second kappa shape index (κ2) is 27.7. The van der Waals surface area contributed by atoms with Crippen LogP contribution in [0.2, 0.25) is 0 Å². The molecule has 0 rings (SSSR count). The van der Waals surface area contributed by atoms with E-state index in [1.807, 2.05) is 0 Å². The molecule has 5 N–H and O–H groups in total. The summed E-state index contributed by atoms with van der Waals surface area (Å²) in [6.07, 6.45) is -3.26. The fourth-order valence-corrected chi connectivity index (χ4v) is 3.70. The molecule has 18 nitrogen and oxygen atoms in total. The third kappa shape index (κ3) is 21.8. The smallest absolute Gasteiger partial charge is 0.854 e. The van der Waals surface area contributed by atoms with Crippen molar-refractivity contribution in [2.45, 2.75) is 36.8 Å². The quantitative estimate of drug-likeness (QED) is 0.0975. The van der Waals surface area contributed by atoms with Crippen molar-refractivity contribution < 1.29 is 150 Å². The molecule has 0 bridgehead atoms. The van der Waals surface area contributed by atoms with E-state index in [0.717, 1.165) is 9.80 Å². The maximum absolute atomic E-state index is 10.7. The van der Waals surface area contributed by atoms with E-state index in [4.69, 9.17) is 16.6 Å². The number of hydrogen-bond donors (Lipinski definition) is 3. The van der Waals surface area contributed by atoms with Gasteiger partial charge in [-0.3, -0.25) is 9.80 Å². The van der Waals surface area contributed by atoms with Crippen molar-refractivity contribution in [1.29, 1.82) is 0 Å². The summed E-state index contributed by atoms with van der Waals surface area (Å²) >= 11 is 0. The normalized spacial score (nSPS) is 10.4. The van der Waals surface area contributed by atoms with Crippen molar-refractivity contribution in [3.05, 3.63) is 0 Å². The van der Waals surface area contributed by atoms with Gasteiger partial charge in [0.2, 0.25) is 0 Å². The number of carbonyl (C=O) groups is 6. The molecule has 0 aliphatic rings. The predicted molar refractivity (Wildman–Crippen MR) is 107 cm³/mol. The van der Waals surface area contributed by atoms with Crippen molar-refractivity contribution in [2.24, 2.45) is 11.5 Å². The Hall–Kier alpha value is -0.862. The topological polar surface area (TPSA) is 343 Å². The number of nitrogens with two attached hydrogens (primary N) is 2. The number of aliphatic carboxylic acids is 6. The molecule has 0 fully saturated rings. The SMILES string of the molecule is NCC(CC(=O)[O-])(CC(=O)[O-])N(CCO)CC(=O)[O-].NCC(CC(=O)[O-])(CC(=O)[O-])N(CC[O-])CC(=O)[O-].[Fe+2].[Fe+2].[Fe+2].[Na+]. The monoisotopic (exact) mass is 740 g/mol. The van der Waals surface area contributed by atoms with Crippen LogP contribution in [0.4, 0.5) is 0 Å².